The number of pyridine rings is 1. The van der Waals surface area contributed by atoms with Crippen molar-refractivity contribution >= 4 is 50.7 Å². The summed E-state index contributed by atoms with van der Waals surface area (Å²) < 4.78 is 27.1. The standard InChI is InChI=1S/C18H18Cl2N6O2S/c1-12-2-5-16(22-11-12)24-18-7-6-17(25-26-18)21-8-9-23-29(27,28)15-10-13(19)3-4-14(15)20/h2-7,10-11,23H,8-9H2,1H3,(H,21,25)(H,22,24,26). The van der Waals surface area contributed by atoms with E-state index in [1.54, 1.807) is 18.3 Å². The maximum atomic E-state index is 12.3. The molecule has 0 fully saturated rings. The Balaban J connectivity index is 1.50. The monoisotopic (exact) mass is 452 g/mol. The highest BCUT2D eigenvalue weighted by atomic mass is 35.5. The maximum absolute atomic E-state index is 12.3. The van der Waals surface area contributed by atoms with Gasteiger partial charge in [0.15, 0.2) is 5.82 Å². The van der Waals surface area contributed by atoms with Crippen LogP contribution in [-0.2, 0) is 10.0 Å². The summed E-state index contributed by atoms with van der Waals surface area (Å²) in [6.45, 7) is 2.39. The lowest BCUT2D eigenvalue weighted by molar-refractivity contribution is 0.583. The van der Waals surface area contributed by atoms with Crippen LogP contribution < -0.4 is 15.4 Å². The van der Waals surface area contributed by atoms with Gasteiger partial charge in [-0.2, -0.15) is 0 Å². The van der Waals surface area contributed by atoms with Gasteiger partial charge in [-0.15, -0.1) is 10.2 Å². The predicted octanol–water partition coefficient (Wildman–Crippen LogP) is 3.62. The van der Waals surface area contributed by atoms with Gasteiger partial charge in [-0.1, -0.05) is 29.3 Å². The minimum Gasteiger partial charge on any atom is -0.367 e. The summed E-state index contributed by atoms with van der Waals surface area (Å²) in [7, 11) is -3.77. The number of sulfonamides is 1. The quantitative estimate of drug-likeness (QED) is 0.447. The highest BCUT2D eigenvalue weighted by Gasteiger charge is 2.17. The topological polar surface area (TPSA) is 109 Å². The van der Waals surface area contributed by atoms with Crippen LogP contribution in [0.25, 0.3) is 0 Å². The highest BCUT2D eigenvalue weighted by molar-refractivity contribution is 7.89. The smallest absolute Gasteiger partial charge is 0.242 e. The third-order valence-electron chi connectivity index (χ3n) is 3.74. The van der Waals surface area contributed by atoms with Crippen LogP contribution in [0.5, 0.6) is 0 Å². The molecule has 0 saturated heterocycles. The van der Waals surface area contributed by atoms with Crippen molar-refractivity contribution in [3.8, 4) is 0 Å². The molecule has 0 unspecified atom stereocenters. The Labute approximate surface area is 178 Å². The van der Waals surface area contributed by atoms with Gasteiger partial charge in [0.05, 0.1) is 5.02 Å². The summed E-state index contributed by atoms with van der Waals surface area (Å²) in [5, 5.41) is 14.5. The van der Waals surface area contributed by atoms with Gasteiger partial charge in [0.2, 0.25) is 10.0 Å². The number of aromatic nitrogens is 3. The van der Waals surface area contributed by atoms with E-state index in [4.69, 9.17) is 23.2 Å². The van der Waals surface area contributed by atoms with Gasteiger partial charge in [-0.05, 0) is 48.9 Å². The van der Waals surface area contributed by atoms with E-state index >= 15 is 0 Å². The minimum absolute atomic E-state index is 0.0633. The molecule has 0 spiro atoms. The van der Waals surface area contributed by atoms with Crippen molar-refractivity contribution in [3.63, 3.8) is 0 Å². The molecule has 152 valence electrons. The van der Waals surface area contributed by atoms with E-state index in [-0.39, 0.29) is 21.5 Å². The maximum Gasteiger partial charge on any atom is 0.242 e. The average Bonchev–Trinajstić information content (AvgIpc) is 2.70. The first-order valence-corrected chi connectivity index (χ1v) is 10.8. The van der Waals surface area contributed by atoms with E-state index < -0.39 is 10.0 Å². The summed E-state index contributed by atoms with van der Waals surface area (Å²) in [5.41, 5.74) is 1.06. The zero-order chi connectivity index (χ0) is 20.9. The van der Waals surface area contributed by atoms with Gasteiger partial charge >= 0.3 is 0 Å². The summed E-state index contributed by atoms with van der Waals surface area (Å²) in [5.74, 6) is 1.72. The first kappa shape index (κ1) is 21.3. The largest absolute Gasteiger partial charge is 0.367 e. The van der Waals surface area contributed by atoms with Gasteiger partial charge in [0.25, 0.3) is 0 Å². The van der Waals surface area contributed by atoms with Crippen molar-refractivity contribution in [1.29, 1.82) is 0 Å². The molecule has 3 rings (SSSR count). The number of hydrogen-bond donors (Lipinski definition) is 3. The Kier molecular flexibility index (Phi) is 6.86. The molecule has 0 aliphatic rings. The van der Waals surface area contributed by atoms with Crippen molar-refractivity contribution < 1.29 is 8.42 Å². The molecular weight excluding hydrogens is 435 g/mol. The zero-order valence-electron chi connectivity index (χ0n) is 15.4. The first-order chi connectivity index (χ1) is 13.8. The number of halogens is 2. The molecule has 0 bridgehead atoms. The van der Waals surface area contributed by atoms with Crippen molar-refractivity contribution in [2.45, 2.75) is 11.8 Å². The molecular formula is C18H18Cl2N6O2S. The molecule has 0 saturated carbocycles. The molecule has 2 aromatic heterocycles. The summed E-state index contributed by atoms with van der Waals surface area (Å²) >= 11 is 11.8. The Morgan fingerprint density at radius 2 is 1.66 bits per heavy atom. The van der Waals surface area contributed by atoms with Crippen molar-refractivity contribution in [2.75, 3.05) is 23.7 Å². The highest BCUT2D eigenvalue weighted by Crippen LogP contribution is 2.24. The van der Waals surface area contributed by atoms with Gasteiger partial charge in [0.1, 0.15) is 16.5 Å². The number of anilines is 3. The van der Waals surface area contributed by atoms with Crippen molar-refractivity contribution in [3.05, 3.63) is 64.3 Å². The molecule has 29 heavy (non-hydrogen) atoms. The van der Waals surface area contributed by atoms with Crippen LogP contribution in [0, 0.1) is 6.92 Å². The van der Waals surface area contributed by atoms with Crippen LogP contribution in [-0.4, -0.2) is 36.7 Å². The number of rotatable bonds is 8. The Morgan fingerprint density at radius 1 is 0.931 bits per heavy atom. The summed E-state index contributed by atoms with van der Waals surface area (Å²) in [4.78, 5) is 4.18. The lowest BCUT2D eigenvalue weighted by Gasteiger charge is -2.10. The van der Waals surface area contributed by atoms with Gasteiger partial charge in [-0.25, -0.2) is 18.1 Å². The van der Waals surface area contributed by atoms with Gasteiger partial charge in [0, 0.05) is 24.3 Å². The van der Waals surface area contributed by atoms with E-state index in [9.17, 15) is 8.42 Å². The second-order valence-corrected chi connectivity index (χ2v) is 8.63. The van der Waals surface area contributed by atoms with E-state index in [1.807, 2.05) is 19.1 Å². The Hall–Kier alpha value is -2.46. The van der Waals surface area contributed by atoms with Gasteiger partial charge < -0.3 is 10.6 Å². The minimum atomic E-state index is -3.77. The van der Waals surface area contributed by atoms with Crippen molar-refractivity contribution in [2.24, 2.45) is 0 Å². The third kappa shape index (κ3) is 6.01. The fourth-order valence-electron chi connectivity index (χ4n) is 2.30. The average molecular weight is 453 g/mol. The molecule has 3 N–H and O–H groups in total. The third-order valence-corrected chi connectivity index (χ3v) is 5.92. The zero-order valence-corrected chi connectivity index (χ0v) is 17.7. The lowest BCUT2D eigenvalue weighted by Crippen LogP contribution is -2.29. The molecule has 0 aliphatic carbocycles. The molecule has 0 aliphatic heterocycles. The Morgan fingerprint density at radius 3 is 2.34 bits per heavy atom. The normalized spacial score (nSPS) is 11.3. The van der Waals surface area contributed by atoms with Crippen LogP contribution >= 0.6 is 23.2 Å². The number of aryl methyl sites for hydroxylation is 1. The molecule has 1 aromatic carbocycles. The van der Waals surface area contributed by atoms with Gasteiger partial charge in [-0.3, -0.25) is 0 Å². The number of nitrogens with zero attached hydrogens (tertiary/aromatic N) is 3. The summed E-state index contributed by atoms with van der Waals surface area (Å²) in [6, 6.07) is 11.5. The SMILES string of the molecule is Cc1ccc(Nc2ccc(NCCNS(=O)(=O)c3cc(Cl)ccc3Cl)nn2)nc1. The van der Waals surface area contributed by atoms with E-state index in [2.05, 4.69) is 30.5 Å². The Bertz CT molecular complexity index is 1080. The number of nitrogens with one attached hydrogen (secondary N) is 3. The van der Waals surface area contributed by atoms with E-state index in [0.717, 1.165) is 5.56 Å². The molecule has 3 aromatic rings. The lowest BCUT2D eigenvalue weighted by atomic mass is 10.3. The van der Waals surface area contributed by atoms with E-state index in [1.165, 1.54) is 18.2 Å². The predicted molar refractivity (Wildman–Crippen MR) is 114 cm³/mol. The number of benzene rings is 1. The molecule has 8 nitrogen and oxygen atoms in total. The summed E-state index contributed by atoms with van der Waals surface area (Å²) in [6.07, 6.45) is 1.75. The molecule has 11 heteroatoms. The molecule has 0 atom stereocenters. The fraction of sp³-hybridized carbons (Fsp3) is 0.167. The van der Waals surface area contributed by atoms with Crippen LogP contribution in [0.4, 0.5) is 17.5 Å². The van der Waals surface area contributed by atoms with Crippen molar-refractivity contribution in [1.82, 2.24) is 19.9 Å². The van der Waals surface area contributed by atoms with Crippen LogP contribution in [0.3, 0.4) is 0 Å². The number of hydrogen-bond acceptors (Lipinski definition) is 7. The molecule has 0 amide bonds. The molecule has 0 radical (unpaired) electrons. The second-order valence-electron chi connectivity index (χ2n) is 6.05. The van der Waals surface area contributed by atoms with Crippen LogP contribution in [0.1, 0.15) is 5.56 Å². The van der Waals surface area contributed by atoms with Crippen LogP contribution in [0.15, 0.2) is 53.6 Å². The van der Waals surface area contributed by atoms with E-state index in [0.29, 0.717) is 24.0 Å². The molecule has 2 heterocycles. The fourth-order valence-corrected chi connectivity index (χ4v) is 4.10. The second kappa shape index (κ2) is 9.36. The first-order valence-electron chi connectivity index (χ1n) is 8.55. The van der Waals surface area contributed by atoms with Crippen LogP contribution in [0.2, 0.25) is 10.0 Å².